The van der Waals surface area contributed by atoms with Gasteiger partial charge in [0.2, 0.25) is 0 Å². The van der Waals surface area contributed by atoms with Crippen LogP contribution in [0.15, 0.2) is 18.2 Å². The summed E-state index contributed by atoms with van der Waals surface area (Å²) in [5.74, 6) is 0.403. The highest BCUT2D eigenvalue weighted by molar-refractivity contribution is 9.08. The van der Waals surface area contributed by atoms with Crippen molar-refractivity contribution in [2.24, 2.45) is 0 Å². The summed E-state index contributed by atoms with van der Waals surface area (Å²) in [5, 5.41) is 0.848. The van der Waals surface area contributed by atoms with Crippen LogP contribution < -0.4 is 0 Å². The molecule has 0 radical (unpaired) electrons. The lowest BCUT2D eigenvalue weighted by Crippen LogP contribution is -2.03. The van der Waals surface area contributed by atoms with Crippen LogP contribution in [0.5, 0.6) is 0 Å². The summed E-state index contributed by atoms with van der Waals surface area (Å²) in [5.41, 5.74) is 3.24. The van der Waals surface area contributed by atoms with Crippen LogP contribution in [-0.4, -0.2) is 13.1 Å². The maximum atomic E-state index is 11.4. The average molecular weight is 269 g/mol. The van der Waals surface area contributed by atoms with Gasteiger partial charge in [0, 0.05) is 5.33 Å². The van der Waals surface area contributed by atoms with Crippen molar-refractivity contribution in [2.45, 2.75) is 24.1 Å². The van der Waals surface area contributed by atoms with Gasteiger partial charge in [-0.05, 0) is 42.0 Å². The summed E-state index contributed by atoms with van der Waals surface area (Å²) < 4.78 is 4.71. The molecule has 1 fully saturated rings. The van der Waals surface area contributed by atoms with Crippen LogP contribution in [0.2, 0.25) is 0 Å². The third-order valence-corrected chi connectivity index (χ3v) is 3.33. The molecule has 0 atom stereocenters. The minimum atomic E-state index is -0.252. The molecule has 0 heterocycles. The third-order valence-electron chi connectivity index (χ3n) is 2.73. The number of carbonyl (C=O) groups excluding carboxylic acids is 1. The summed E-state index contributed by atoms with van der Waals surface area (Å²) in [6.45, 7) is 0. The molecule has 0 aliphatic heterocycles. The molecule has 15 heavy (non-hydrogen) atoms. The van der Waals surface area contributed by atoms with E-state index in [-0.39, 0.29) is 5.97 Å². The summed E-state index contributed by atoms with van der Waals surface area (Å²) in [6, 6.07) is 5.81. The molecule has 0 spiro atoms. The quantitative estimate of drug-likeness (QED) is 0.622. The molecule has 0 unspecified atom stereocenters. The topological polar surface area (TPSA) is 26.3 Å². The first kappa shape index (κ1) is 10.7. The highest BCUT2D eigenvalue weighted by atomic mass is 79.9. The summed E-state index contributed by atoms with van der Waals surface area (Å²) in [7, 11) is 1.41. The number of ether oxygens (including phenoxy) is 1. The molecule has 0 saturated heterocycles. The first-order valence-corrected chi connectivity index (χ1v) is 6.15. The predicted molar refractivity (Wildman–Crippen MR) is 62.4 cm³/mol. The van der Waals surface area contributed by atoms with E-state index in [1.807, 2.05) is 18.2 Å². The van der Waals surface area contributed by atoms with Gasteiger partial charge in [-0.1, -0.05) is 22.0 Å². The van der Waals surface area contributed by atoms with E-state index in [0.717, 1.165) is 5.33 Å². The Morgan fingerprint density at radius 3 is 2.80 bits per heavy atom. The zero-order chi connectivity index (χ0) is 10.8. The molecule has 0 amide bonds. The molecule has 1 aromatic rings. The zero-order valence-corrected chi connectivity index (χ0v) is 10.2. The Kier molecular flexibility index (Phi) is 3.10. The van der Waals surface area contributed by atoms with E-state index in [1.54, 1.807) is 0 Å². The van der Waals surface area contributed by atoms with Gasteiger partial charge in [0.05, 0.1) is 12.7 Å². The molecule has 1 aliphatic rings. The minimum Gasteiger partial charge on any atom is -0.465 e. The van der Waals surface area contributed by atoms with Crippen LogP contribution in [0.3, 0.4) is 0 Å². The fourth-order valence-electron chi connectivity index (χ4n) is 1.74. The van der Waals surface area contributed by atoms with E-state index in [4.69, 9.17) is 4.74 Å². The molecule has 1 saturated carbocycles. The van der Waals surface area contributed by atoms with Gasteiger partial charge in [-0.2, -0.15) is 0 Å². The van der Waals surface area contributed by atoms with Gasteiger partial charge in [0.1, 0.15) is 0 Å². The van der Waals surface area contributed by atoms with Crippen molar-refractivity contribution in [1.29, 1.82) is 0 Å². The molecule has 3 heteroatoms. The minimum absolute atomic E-state index is 0.252. The maximum Gasteiger partial charge on any atom is 0.337 e. The third kappa shape index (κ3) is 2.23. The van der Waals surface area contributed by atoms with Crippen LogP contribution in [0.4, 0.5) is 0 Å². The highest BCUT2D eigenvalue weighted by Crippen LogP contribution is 2.42. The van der Waals surface area contributed by atoms with E-state index >= 15 is 0 Å². The summed E-state index contributed by atoms with van der Waals surface area (Å²) in [4.78, 5) is 11.4. The smallest absolute Gasteiger partial charge is 0.337 e. The van der Waals surface area contributed by atoms with Crippen LogP contribution in [-0.2, 0) is 10.1 Å². The summed E-state index contributed by atoms with van der Waals surface area (Å²) in [6.07, 6.45) is 2.48. The van der Waals surface area contributed by atoms with Crippen molar-refractivity contribution in [1.82, 2.24) is 0 Å². The van der Waals surface area contributed by atoms with Crippen molar-refractivity contribution in [3.8, 4) is 0 Å². The van der Waals surface area contributed by atoms with Crippen LogP contribution in [0.25, 0.3) is 0 Å². The van der Waals surface area contributed by atoms with Crippen LogP contribution in [0.1, 0.15) is 40.2 Å². The molecule has 1 aromatic carbocycles. The Bertz CT molecular complexity index is 383. The van der Waals surface area contributed by atoms with Gasteiger partial charge in [-0.15, -0.1) is 0 Å². The normalized spacial score (nSPS) is 15.1. The van der Waals surface area contributed by atoms with Crippen molar-refractivity contribution < 1.29 is 9.53 Å². The Hall–Kier alpha value is -0.830. The van der Waals surface area contributed by atoms with Gasteiger partial charge < -0.3 is 4.74 Å². The molecule has 80 valence electrons. The van der Waals surface area contributed by atoms with Crippen molar-refractivity contribution in [3.05, 3.63) is 34.9 Å². The van der Waals surface area contributed by atoms with Crippen molar-refractivity contribution in [3.63, 3.8) is 0 Å². The van der Waals surface area contributed by atoms with E-state index in [2.05, 4.69) is 15.9 Å². The monoisotopic (exact) mass is 268 g/mol. The lowest BCUT2D eigenvalue weighted by Gasteiger charge is -2.07. The standard InChI is InChI=1S/C12H13BrO2/c1-15-12(14)9-4-5-10(7-13)11(6-9)8-2-3-8/h4-6,8H,2-3,7H2,1H3. The second kappa shape index (κ2) is 4.35. The second-order valence-electron chi connectivity index (χ2n) is 3.81. The molecular formula is C12H13BrO2. The number of hydrogen-bond donors (Lipinski definition) is 0. The zero-order valence-electron chi connectivity index (χ0n) is 8.63. The fourth-order valence-corrected chi connectivity index (χ4v) is 2.25. The number of hydrogen-bond acceptors (Lipinski definition) is 2. The van der Waals surface area contributed by atoms with E-state index in [9.17, 15) is 4.79 Å². The van der Waals surface area contributed by atoms with E-state index in [0.29, 0.717) is 11.5 Å². The van der Waals surface area contributed by atoms with Crippen LogP contribution >= 0.6 is 15.9 Å². The number of rotatable bonds is 3. The molecule has 0 bridgehead atoms. The largest absolute Gasteiger partial charge is 0.465 e. The lowest BCUT2D eigenvalue weighted by atomic mass is 10.0. The Balaban J connectivity index is 2.36. The van der Waals surface area contributed by atoms with E-state index < -0.39 is 0 Å². The SMILES string of the molecule is COC(=O)c1ccc(CBr)c(C2CC2)c1. The summed E-state index contributed by atoms with van der Waals surface area (Å²) >= 11 is 3.47. The van der Waals surface area contributed by atoms with Gasteiger partial charge in [0.15, 0.2) is 0 Å². The Morgan fingerprint density at radius 1 is 1.53 bits per heavy atom. The van der Waals surface area contributed by atoms with Crippen molar-refractivity contribution in [2.75, 3.05) is 7.11 Å². The fraction of sp³-hybridized carbons (Fsp3) is 0.417. The van der Waals surface area contributed by atoms with Crippen LogP contribution in [0, 0.1) is 0 Å². The first-order chi connectivity index (χ1) is 7.26. The second-order valence-corrected chi connectivity index (χ2v) is 4.37. The molecular weight excluding hydrogens is 256 g/mol. The first-order valence-electron chi connectivity index (χ1n) is 5.03. The predicted octanol–water partition coefficient (Wildman–Crippen LogP) is 3.25. The number of alkyl halides is 1. The lowest BCUT2D eigenvalue weighted by molar-refractivity contribution is 0.0600. The number of methoxy groups -OCH3 is 1. The number of carbonyl (C=O) groups is 1. The highest BCUT2D eigenvalue weighted by Gasteiger charge is 2.26. The van der Waals surface area contributed by atoms with E-state index in [1.165, 1.54) is 31.1 Å². The Morgan fingerprint density at radius 2 is 2.27 bits per heavy atom. The van der Waals surface area contributed by atoms with Crippen molar-refractivity contribution >= 4 is 21.9 Å². The molecule has 2 rings (SSSR count). The Labute approximate surface area is 97.8 Å². The van der Waals surface area contributed by atoms with Gasteiger partial charge in [-0.25, -0.2) is 4.79 Å². The number of halogens is 1. The molecule has 2 nitrogen and oxygen atoms in total. The van der Waals surface area contributed by atoms with Gasteiger partial charge in [-0.3, -0.25) is 0 Å². The van der Waals surface area contributed by atoms with Gasteiger partial charge in [0.25, 0.3) is 0 Å². The van der Waals surface area contributed by atoms with Gasteiger partial charge >= 0.3 is 5.97 Å². The maximum absolute atomic E-state index is 11.4. The molecule has 0 N–H and O–H groups in total. The average Bonchev–Trinajstić information content (AvgIpc) is 3.11. The molecule has 0 aromatic heterocycles. The molecule has 1 aliphatic carbocycles. The number of esters is 1. The number of benzene rings is 1.